The SMILES string of the molecule is CC(=O)N=S(C)(=O)NC(C)=O. The summed E-state index contributed by atoms with van der Waals surface area (Å²) in [5.74, 6) is -1.03. The van der Waals surface area contributed by atoms with Gasteiger partial charge in [0.15, 0.2) is 0 Å². The number of carbonyl (C=O) groups is 2. The van der Waals surface area contributed by atoms with Gasteiger partial charge in [0.1, 0.15) is 9.92 Å². The van der Waals surface area contributed by atoms with Gasteiger partial charge in [-0.25, -0.2) is 4.21 Å². The molecule has 1 N–H and O–H groups in total. The number of rotatable bonds is 1. The summed E-state index contributed by atoms with van der Waals surface area (Å²) < 4.78 is 16.3. The van der Waals surface area contributed by atoms with Gasteiger partial charge >= 0.3 is 0 Å². The van der Waals surface area contributed by atoms with Gasteiger partial charge in [-0.05, 0) is 0 Å². The van der Waals surface area contributed by atoms with Crippen LogP contribution in [0.25, 0.3) is 0 Å². The minimum atomic E-state index is -2.85. The van der Waals surface area contributed by atoms with Crippen LogP contribution >= 0.6 is 0 Å². The van der Waals surface area contributed by atoms with Crippen molar-refractivity contribution in [1.29, 1.82) is 0 Å². The molecular formula is C5H10N2O3S. The maximum Gasteiger partial charge on any atom is 0.252 e. The maximum absolute atomic E-state index is 11.1. The lowest BCUT2D eigenvalue weighted by Gasteiger charge is -2.01. The van der Waals surface area contributed by atoms with Crippen LogP contribution in [-0.4, -0.2) is 22.3 Å². The molecule has 0 radical (unpaired) electrons. The van der Waals surface area contributed by atoms with E-state index in [1.165, 1.54) is 20.1 Å². The molecule has 5 nitrogen and oxygen atoms in total. The molecule has 0 aromatic carbocycles. The van der Waals surface area contributed by atoms with Crippen LogP contribution in [-0.2, 0) is 19.5 Å². The van der Waals surface area contributed by atoms with E-state index in [-0.39, 0.29) is 0 Å². The Morgan fingerprint density at radius 3 is 2.09 bits per heavy atom. The van der Waals surface area contributed by atoms with Gasteiger partial charge in [-0.15, -0.1) is 4.36 Å². The van der Waals surface area contributed by atoms with Gasteiger partial charge in [-0.2, -0.15) is 0 Å². The summed E-state index contributed by atoms with van der Waals surface area (Å²) in [6.07, 6.45) is 1.19. The third-order valence-electron chi connectivity index (χ3n) is 0.636. The van der Waals surface area contributed by atoms with E-state index in [4.69, 9.17) is 0 Å². The topological polar surface area (TPSA) is 75.6 Å². The Bertz CT molecular complexity index is 288. The molecule has 64 valence electrons. The Morgan fingerprint density at radius 1 is 1.36 bits per heavy atom. The highest BCUT2D eigenvalue weighted by Crippen LogP contribution is 1.85. The van der Waals surface area contributed by atoms with Crippen molar-refractivity contribution in [2.24, 2.45) is 4.36 Å². The van der Waals surface area contributed by atoms with Crippen molar-refractivity contribution in [2.75, 3.05) is 6.26 Å². The first-order chi connectivity index (χ1) is 4.83. The summed E-state index contributed by atoms with van der Waals surface area (Å²) in [7, 11) is -2.85. The second-order valence-electron chi connectivity index (χ2n) is 2.07. The highest BCUT2D eigenvalue weighted by Gasteiger charge is 2.02. The summed E-state index contributed by atoms with van der Waals surface area (Å²) in [5, 5.41) is 0. The molecule has 2 amide bonds. The van der Waals surface area contributed by atoms with Crippen molar-refractivity contribution in [1.82, 2.24) is 4.72 Å². The number of hydrogen-bond donors (Lipinski definition) is 1. The van der Waals surface area contributed by atoms with Gasteiger partial charge in [0.2, 0.25) is 5.91 Å². The minimum absolute atomic E-state index is 0.470. The van der Waals surface area contributed by atoms with E-state index in [2.05, 4.69) is 9.08 Å². The van der Waals surface area contributed by atoms with Gasteiger partial charge < -0.3 is 0 Å². The normalized spacial score (nSPS) is 14.8. The number of nitrogens with zero attached hydrogens (tertiary/aromatic N) is 1. The molecule has 0 rings (SSSR count). The van der Waals surface area contributed by atoms with E-state index >= 15 is 0 Å². The third kappa shape index (κ3) is 5.53. The van der Waals surface area contributed by atoms with Gasteiger partial charge in [0.05, 0.1) is 0 Å². The Hall–Kier alpha value is -0.910. The second-order valence-corrected chi connectivity index (χ2v) is 4.06. The molecule has 1 atom stereocenters. The van der Waals surface area contributed by atoms with Crippen molar-refractivity contribution < 1.29 is 13.8 Å². The second kappa shape index (κ2) is 3.47. The van der Waals surface area contributed by atoms with E-state index in [1.54, 1.807) is 0 Å². The fraction of sp³-hybridized carbons (Fsp3) is 0.600. The van der Waals surface area contributed by atoms with E-state index in [0.29, 0.717) is 0 Å². The van der Waals surface area contributed by atoms with E-state index in [9.17, 15) is 13.8 Å². The van der Waals surface area contributed by atoms with Crippen LogP contribution < -0.4 is 4.72 Å². The fourth-order valence-electron chi connectivity index (χ4n) is 0.535. The fourth-order valence-corrected chi connectivity index (χ4v) is 1.60. The van der Waals surface area contributed by atoms with Crippen LogP contribution in [0.1, 0.15) is 13.8 Å². The van der Waals surface area contributed by atoms with E-state index < -0.39 is 21.7 Å². The summed E-state index contributed by atoms with van der Waals surface area (Å²) in [6.45, 7) is 2.38. The molecule has 0 saturated heterocycles. The van der Waals surface area contributed by atoms with Crippen molar-refractivity contribution in [2.45, 2.75) is 13.8 Å². The molecule has 1 unspecified atom stereocenters. The summed E-state index contributed by atoms with van der Waals surface area (Å²) >= 11 is 0. The predicted octanol–water partition coefficient (Wildman–Crippen LogP) is -0.318. The first-order valence-electron chi connectivity index (χ1n) is 2.84. The minimum Gasteiger partial charge on any atom is -0.274 e. The van der Waals surface area contributed by atoms with E-state index in [0.717, 1.165) is 0 Å². The molecule has 0 aliphatic rings. The van der Waals surface area contributed by atoms with Gasteiger partial charge in [0, 0.05) is 20.1 Å². The Kier molecular flexibility index (Phi) is 3.18. The molecular weight excluding hydrogens is 168 g/mol. The molecule has 0 spiro atoms. The predicted molar refractivity (Wildman–Crippen MR) is 41.0 cm³/mol. The molecule has 6 heteroatoms. The smallest absolute Gasteiger partial charge is 0.252 e. The molecule has 0 aliphatic heterocycles. The third-order valence-corrected chi connectivity index (χ3v) is 1.91. The zero-order valence-corrected chi connectivity index (χ0v) is 7.40. The van der Waals surface area contributed by atoms with Crippen LogP contribution in [0.5, 0.6) is 0 Å². The monoisotopic (exact) mass is 178 g/mol. The van der Waals surface area contributed by atoms with Crippen molar-refractivity contribution >= 4 is 21.7 Å². The van der Waals surface area contributed by atoms with Crippen LogP contribution in [0.15, 0.2) is 4.36 Å². The average Bonchev–Trinajstić information content (AvgIpc) is 1.53. The maximum atomic E-state index is 11.1. The molecule has 0 fully saturated rings. The molecule has 0 aromatic heterocycles. The standard InChI is InChI=1S/C5H10N2O3S/c1-4(8)6-11(3,10)7-5(2)9/h1-3H3,(H,6,7,8,9,10). The highest BCUT2D eigenvalue weighted by molar-refractivity contribution is 7.91. The largest absolute Gasteiger partial charge is 0.274 e. The van der Waals surface area contributed by atoms with E-state index in [1.807, 2.05) is 0 Å². The van der Waals surface area contributed by atoms with Crippen LogP contribution in [0.4, 0.5) is 0 Å². The quantitative estimate of drug-likeness (QED) is 0.598. The lowest BCUT2D eigenvalue weighted by atomic mass is 10.8. The summed E-state index contributed by atoms with van der Waals surface area (Å²) in [4.78, 5) is 20.7. The molecule has 0 aliphatic carbocycles. The number of hydrogen-bond acceptors (Lipinski definition) is 3. The van der Waals surface area contributed by atoms with Gasteiger partial charge in [0.25, 0.3) is 5.91 Å². The van der Waals surface area contributed by atoms with Gasteiger partial charge in [-0.3, -0.25) is 14.3 Å². The number of amides is 2. The van der Waals surface area contributed by atoms with Crippen molar-refractivity contribution in [3.05, 3.63) is 0 Å². The number of carbonyl (C=O) groups excluding carboxylic acids is 2. The summed E-state index contributed by atoms with van der Waals surface area (Å²) in [6, 6.07) is 0. The Morgan fingerprint density at radius 2 is 1.82 bits per heavy atom. The van der Waals surface area contributed by atoms with Crippen molar-refractivity contribution in [3.63, 3.8) is 0 Å². The average molecular weight is 178 g/mol. The Labute approximate surface area is 65.5 Å². The Balaban J connectivity index is 4.60. The van der Waals surface area contributed by atoms with Crippen molar-refractivity contribution in [3.8, 4) is 0 Å². The molecule has 11 heavy (non-hydrogen) atoms. The zero-order valence-electron chi connectivity index (χ0n) is 6.58. The van der Waals surface area contributed by atoms with Gasteiger partial charge in [-0.1, -0.05) is 0 Å². The molecule has 0 saturated carbocycles. The first-order valence-corrected chi connectivity index (χ1v) is 4.77. The molecule has 0 heterocycles. The lowest BCUT2D eigenvalue weighted by Crippen LogP contribution is -2.27. The molecule has 0 bridgehead atoms. The van der Waals surface area contributed by atoms with Crippen LogP contribution in [0.3, 0.4) is 0 Å². The summed E-state index contributed by atoms with van der Waals surface area (Å²) in [5.41, 5.74) is 0. The van der Waals surface area contributed by atoms with Crippen LogP contribution in [0.2, 0.25) is 0 Å². The lowest BCUT2D eigenvalue weighted by molar-refractivity contribution is -0.117. The zero-order chi connectivity index (χ0) is 9.07. The number of nitrogens with one attached hydrogen (secondary N) is 1. The first kappa shape index (κ1) is 10.1. The highest BCUT2D eigenvalue weighted by atomic mass is 32.2. The van der Waals surface area contributed by atoms with Crippen LogP contribution in [0, 0.1) is 0 Å². The molecule has 0 aromatic rings.